The van der Waals surface area contributed by atoms with E-state index in [0.717, 1.165) is 18.7 Å². The molecule has 0 amide bonds. The molecule has 1 aliphatic rings. The largest absolute Gasteiger partial charge is 0.398 e. The highest BCUT2D eigenvalue weighted by molar-refractivity contribution is 5.66. The molecule has 0 aliphatic carbocycles. The lowest BCUT2D eigenvalue weighted by atomic mass is 9.96. The summed E-state index contributed by atoms with van der Waals surface area (Å²) in [4.78, 5) is 2.48. The molecule has 2 heteroatoms. The Bertz CT molecular complexity index is 563. The molecule has 2 nitrogen and oxygen atoms in total. The van der Waals surface area contributed by atoms with Crippen LogP contribution in [0.4, 0.5) is 11.4 Å². The number of anilines is 2. The minimum atomic E-state index is 0.391. The number of fused-ring (bicyclic) bond motifs is 1. The van der Waals surface area contributed by atoms with Crippen molar-refractivity contribution >= 4 is 11.4 Å². The molecule has 2 aromatic carbocycles. The number of hydrogen-bond acceptors (Lipinski definition) is 2. The van der Waals surface area contributed by atoms with Crippen molar-refractivity contribution in [2.24, 2.45) is 0 Å². The maximum absolute atomic E-state index is 6.12. The van der Waals surface area contributed by atoms with Gasteiger partial charge in [-0.05, 0) is 43.0 Å². The van der Waals surface area contributed by atoms with Gasteiger partial charge in [0.25, 0.3) is 0 Å². The van der Waals surface area contributed by atoms with Crippen molar-refractivity contribution in [1.82, 2.24) is 0 Å². The lowest BCUT2D eigenvalue weighted by Crippen LogP contribution is -2.32. The number of nitrogen functional groups attached to an aromatic ring is 1. The van der Waals surface area contributed by atoms with Crippen molar-refractivity contribution in [3.63, 3.8) is 0 Å². The van der Waals surface area contributed by atoms with Crippen molar-refractivity contribution < 1.29 is 0 Å². The molecule has 0 saturated heterocycles. The van der Waals surface area contributed by atoms with Crippen LogP contribution in [-0.2, 0) is 6.42 Å². The fourth-order valence-corrected chi connectivity index (χ4v) is 2.99. The summed E-state index contributed by atoms with van der Waals surface area (Å²) in [5, 5.41) is 0. The summed E-state index contributed by atoms with van der Waals surface area (Å²) in [5.74, 6) is 0. The quantitative estimate of drug-likeness (QED) is 0.824. The van der Waals surface area contributed by atoms with Gasteiger partial charge in [0.15, 0.2) is 0 Å². The average Bonchev–Trinajstić information content (AvgIpc) is 2.47. The molecule has 98 valence electrons. The molecule has 3 rings (SSSR count). The molecule has 1 aliphatic heterocycles. The zero-order valence-electron chi connectivity index (χ0n) is 11.3. The van der Waals surface area contributed by atoms with Crippen molar-refractivity contribution in [1.29, 1.82) is 0 Å². The van der Waals surface area contributed by atoms with Crippen molar-refractivity contribution in [3.8, 4) is 0 Å². The van der Waals surface area contributed by atoms with Gasteiger partial charge >= 0.3 is 0 Å². The van der Waals surface area contributed by atoms with Crippen molar-refractivity contribution in [3.05, 3.63) is 59.7 Å². The summed E-state index contributed by atoms with van der Waals surface area (Å²) in [6, 6.07) is 17.3. The fourth-order valence-electron chi connectivity index (χ4n) is 2.99. The second-order valence-electron chi connectivity index (χ2n) is 5.23. The number of nitrogens with zero attached hydrogens (tertiary/aromatic N) is 1. The summed E-state index contributed by atoms with van der Waals surface area (Å²) in [6.45, 7) is 3.38. The van der Waals surface area contributed by atoms with E-state index in [-0.39, 0.29) is 0 Å². The summed E-state index contributed by atoms with van der Waals surface area (Å²) in [6.07, 6.45) is 2.28. The van der Waals surface area contributed by atoms with E-state index in [4.69, 9.17) is 5.73 Å². The normalized spacial score (nSPS) is 15.9. The number of nitrogens with two attached hydrogens (primary N) is 1. The van der Waals surface area contributed by atoms with Crippen LogP contribution in [0.25, 0.3) is 0 Å². The third-order valence-corrected chi connectivity index (χ3v) is 4.07. The third kappa shape index (κ3) is 2.19. The Labute approximate surface area is 114 Å². The lowest BCUT2D eigenvalue weighted by molar-refractivity contribution is 0.616. The van der Waals surface area contributed by atoms with Gasteiger partial charge in [0.2, 0.25) is 0 Å². The molecular weight excluding hydrogens is 232 g/mol. The highest BCUT2D eigenvalue weighted by Crippen LogP contribution is 2.36. The highest BCUT2D eigenvalue weighted by atomic mass is 15.2. The van der Waals surface area contributed by atoms with Gasteiger partial charge in [0, 0.05) is 17.9 Å². The average molecular weight is 252 g/mol. The number of hydrogen-bond donors (Lipinski definition) is 1. The third-order valence-electron chi connectivity index (χ3n) is 4.07. The van der Waals surface area contributed by atoms with Gasteiger partial charge in [0.05, 0.1) is 6.04 Å². The van der Waals surface area contributed by atoms with Gasteiger partial charge in [-0.25, -0.2) is 0 Å². The molecule has 0 radical (unpaired) electrons. The summed E-state index contributed by atoms with van der Waals surface area (Å²) >= 11 is 0. The van der Waals surface area contributed by atoms with Crippen LogP contribution < -0.4 is 10.6 Å². The van der Waals surface area contributed by atoms with Crippen LogP contribution >= 0.6 is 0 Å². The molecule has 0 spiro atoms. The van der Waals surface area contributed by atoms with E-state index in [1.165, 1.54) is 23.2 Å². The Hall–Kier alpha value is -1.96. The Morgan fingerprint density at radius 2 is 1.84 bits per heavy atom. The van der Waals surface area contributed by atoms with E-state index >= 15 is 0 Å². The van der Waals surface area contributed by atoms with Crippen LogP contribution in [0, 0.1) is 0 Å². The maximum Gasteiger partial charge on any atom is 0.0514 e. The summed E-state index contributed by atoms with van der Waals surface area (Å²) in [5.41, 5.74) is 11.0. The van der Waals surface area contributed by atoms with Crippen molar-refractivity contribution in [2.75, 3.05) is 17.2 Å². The minimum absolute atomic E-state index is 0.391. The first-order valence-corrected chi connectivity index (χ1v) is 6.96. The van der Waals surface area contributed by atoms with Gasteiger partial charge < -0.3 is 10.6 Å². The highest BCUT2D eigenvalue weighted by Gasteiger charge is 2.23. The zero-order valence-corrected chi connectivity index (χ0v) is 11.3. The molecule has 0 bridgehead atoms. The van der Waals surface area contributed by atoms with Gasteiger partial charge in [-0.1, -0.05) is 36.4 Å². The van der Waals surface area contributed by atoms with E-state index in [1.54, 1.807) is 0 Å². The minimum Gasteiger partial charge on any atom is -0.398 e. The Morgan fingerprint density at radius 1 is 1.05 bits per heavy atom. The first kappa shape index (κ1) is 12.1. The summed E-state index contributed by atoms with van der Waals surface area (Å²) in [7, 11) is 0. The molecule has 2 aromatic rings. The molecule has 1 heterocycles. The van der Waals surface area contributed by atoms with Crippen molar-refractivity contribution in [2.45, 2.75) is 25.8 Å². The number of rotatable bonds is 2. The van der Waals surface area contributed by atoms with E-state index in [0.29, 0.717) is 6.04 Å². The topological polar surface area (TPSA) is 29.3 Å². The molecular formula is C17H20N2. The van der Waals surface area contributed by atoms with Crippen LogP contribution in [0.1, 0.15) is 30.5 Å². The van der Waals surface area contributed by atoms with E-state index < -0.39 is 0 Å². The standard InChI is InChI=1S/C17H20N2/c1-13(14-7-3-2-4-8-14)19-12-6-9-15-16(18)10-5-11-17(15)19/h2-5,7-8,10-11,13H,6,9,12,18H2,1H3. The zero-order chi connectivity index (χ0) is 13.2. The van der Waals surface area contributed by atoms with Gasteiger partial charge in [-0.2, -0.15) is 0 Å². The van der Waals surface area contributed by atoms with Crippen LogP contribution in [0.3, 0.4) is 0 Å². The van der Waals surface area contributed by atoms with Crippen LogP contribution in [-0.4, -0.2) is 6.54 Å². The fraction of sp³-hybridized carbons (Fsp3) is 0.294. The van der Waals surface area contributed by atoms with E-state index in [2.05, 4.69) is 54.3 Å². The first-order chi connectivity index (χ1) is 9.27. The van der Waals surface area contributed by atoms with Crippen LogP contribution in [0.15, 0.2) is 48.5 Å². The smallest absolute Gasteiger partial charge is 0.0514 e. The number of benzene rings is 2. The predicted octanol–water partition coefficient (Wildman–Crippen LogP) is 3.78. The monoisotopic (exact) mass is 252 g/mol. The summed E-state index contributed by atoms with van der Waals surface area (Å²) < 4.78 is 0. The van der Waals surface area contributed by atoms with Gasteiger partial charge in [0.1, 0.15) is 0 Å². The SMILES string of the molecule is CC(c1ccccc1)N1CCCc2c(N)cccc21. The first-order valence-electron chi connectivity index (χ1n) is 6.96. The van der Waals surface area contributed by atoms with Gasteiger partial charge in [-0.15, -0.1) is 0 Å². The molecule has 0 aromatic heterocycles. The molecule has 1 atom stereocenters. The molecule has 0 saturated carbocycles. The van der Waals surface area contributed by atoms with E-state index in [9.17, 15) is 0 Å². The molecule has 19 heavy (non-hydrogen) atoms. The Kier molecular flexibility index (Phi) is 3.16. The van der Waals surface area contributed by atoms with Gasteiger partial charge in [-0.3, -0.25) is 0 Å². The molecule has 2 N–H and O–H groups in total. The lowest BCUT2D eigenvalue weighted by Gasteiger charge is -2.37. The van der Waals surface area contributed by atoms with E-state index in [1.807, 2.05) is 6.07 Å². The molecule has 1 unspecified atom stereocenters. The molecule has 0 fully saturated rings. The maximum atomic E-state index is 6.12. The van der Waals surface area contributed by atoms with Crippen LogP contribution in [0.5, 0.6) is 0 Å². The predicted molar refractivity (Wildman–Crippen MR) is 81.4 cm³/mol. The second kappa shape index (κ2) is 4.96. The second-order valence-corrected chi connectivity index (χ2v) is 5.23. The van der Waals surface area contributed by atoms with Crippen LogP contribution in [0.2, 0.25) is 0 Å². The Balaban J connectivity index is 1.98. The Morgan fingerprint density at radius 3 is 2.63 bits per heavy atom.